The third kappa shape index (κ3) is 11.1. The number of phenolic OH excluding ortho intramolecular Hbond substituents is 1. The van der Waals surface area contributed by atoms with E-state index < -0.39 is 5.97 Å². The molecule has 4 N–H and O–H groups in total. The zero-order valence-electron chi connectivity index (χ0n) is 39.5. The van der Waals surface area contributed by atoms with Crippen molar-refractivity contribution in [2.45, 2.75) is 155 Å². The van der Waals surface area contributed by atoms with Crippen molar-refractivity contribution in [1.82, 2.24) is 10.2 Å². The number of unbranched alkanes of at least 4 members (excludes halogenated alkanes) is 4. The number of hydrogen-bond acceptors (Lipinski definition) is 9. The second-order valence-electron chi connectivity index (χ2n) is 19.6. The van der Waals surface area contributed by atoms with Gasteiger partial charge in [-0.1, -0.05) is 62.8 Å². The number of carbonyl (C=O) groups is 2. The lowest BCUT2D eigenvalue weighted by Gasteiger charge is -2.46. The minimum atomic E-state index is -1.06. The van der Waals surface area contributed by atoms with Crippen LogP contribution in [0.4, 0.5) is 0 Å². The van der Waals surface area contributed by atoms with E-state index in [4.69, 9.17) is 18.9 Å². The first kappa shape index (κ1) is 48.4. The highest BCUT2D eigenvalue weighted by Gasteiger charge is 2.48. The van der Waals surface area contributed by atoms with Gasteiger partial charge >= 0.3 is 5.97 Å². The van der Waals surface area contributed by atoms with Crippen molar-refractivity contribution in [1.29, 1.82) is 0 Å². The van der Waals surface area contributed by atoms with Gasteiger partial charge < -0.3 is 44.5 Å². The number of amides is 1. The van der Waals surface area contributed by atoms with Crippen LogP contribution in [-0.2, 0) is 22.3 Å². The average molecular weight is 873 g/mol. The van der Waals surface area contributed by atoms with Gasteiger partial charge in [0.15, 0.2) is 0 Å². The normalized spacial score (nSPS) is 24.1. The Morgan fingerprint density at radius 3 is 1.56 bits per heavy atom. The molecule has 0 saturated carbocycles. The summed E-state index contributed by atoms with van der Waals surface area (Å²) in [6, 6.07) is 3.91. The molecule has 2 aliphatic carbocycles. The average Bonchev–Trinajstić information content (AvgIpc) is 3.24. The van der Waals surface area contributed by atoms with Gasteiger partial charge in [-0.25, -0.2) is 4.79 Å². The Kier molecular flexibility index (Phi) is 16.4. The molecule has 63 heavy (non-hydrogen) atoms. The lowest BCUT2D eigenvalue weighted by Crippen LogP contribution is -2.45. The summed E-state index contributed by atoms with van der Waals surface area (Å²) in [5, 5.41) is 35.4. The summed E-state index contributed by atoms with van der Waals surface area (Å²) in [5.74, 6) is 0.899. The van der Waals surface area contributed by atoms with Crippen LogP contribution in [-0.4, -0.2) is 95.9 Å². The monoisotopic (exact) mass is 873 g/mol. The molecule has 8 rings (SSSR count). The quantitative estimate of drug-likeness (QED) is 0.134. The number of fused-ring (bicyclic) bond motifs is 6. The van der Waals surface area contributed by atoms with Crippen LogP contribution in [0.2, 0.25) is 0 Å². The number of ether oxygens (including phenoxy) is 4. The number of phenols is 2. The molecule has 6 aliphatic rings. The number of benzene rings is 2. The topological polar surface area (TPSA) is 147 Å². The van der Waals surface area contributed by atoms with E-state index in [0.29, 0.717) is 55.2 Å². The molecule has 11 nitrogen and oxygen atoms in total. The second-order valence-corrected chi connectivity index (χ2v) is 19.6. The highest BCUT2D eigenvalue weighted by Crippen LogP contribution is 2.56. The Hall–Kier alpha value is -4.06. The predicted molar refractivity (Wildman–Crippen MR) is 248 cm³/mol. The van der Waals surface area contributed by atoms with E-state index in [1.807, 2.05) is 17.0 Å². The Bertz CT molecular complexity index is 1980. The van der Waals surface area contributed by atoms with E-state index in [2.05, 4.69) is 72.9 Å². The van der Waals surface area contributed by atoms with Crippen LogP contribution in [0.25, 0.3) is 0 Å². The van der Waals surface area contributed by atoms with Gasteiger partial charge in [0.05, 0.1) is 32.0 Å². The molecule has 0 spiro atoms. The smallest absolute Gasteiger partial charge is 0.339 e. The first-order valence-corrected chi connectivity index (χ1v) is 24.0. The summed E-state index contributed by atoms with van der Waals surface area (Å²) in [5.41, 5.74) is 5.57. The maximum absolute atomic E-state index is 13.6. The number of allylic oxidation sites excluding steroid dienone is 4. The summed E-state index contributed by atoms with van der Waals surface area (Å²) >= 11 is 0. The van der Waals surface area contributed by atoms with E-state index in [9.17, 15) is 24.9 Å². The van der Waals surface area contributed by atoms with Gasteiger partial charge in [-0.15, -0.1) is 0 Å². The van der Waals surface area contributed by atoms with E-state index in [-0.39, 0.29) is 57.8 Å². The molecule has 2 aromatic rings. The number of nitrogens with zero attached hydrogens (tertiary/aromatic N) is 1. The van der Waals surface area contributed by atoms with Crippen LogP contribution >= 0.6 is 0 Å². The molecule has 11 heteroatoms. The van der Waals surface area contributed by atoms with Gasteiger partial charge in [-0.3, -0.25) is 4.79 Å². The van der Waals surface area contributed by atoms with E-state index in [1.165, 1.54) is 11.1 Å². The molecule has 1 amide bonds. The molecule has 0 radical (unpaired) electrons. The van der Waals surface area contributed by atoms with Crippen LogP contribution in [0.5, 0.6) is 23.0 Å². The molecule has 4 atom stereocenters. The zero-order valence-corrected chi connectivity index (χ0v) is 39.5. The minimum absolute atomic E-state index is 0.00490. The number of aromatic hydroxyl groups is 2. The highest BCUT2D eigenvalue weighted by atomic mass is 16.5. The molecule has 4 aliphatic heterocycles. The number of carbonyl (C=O) groups excluding carboxylic acids is 1. The maximum atomic E-state index is 13.6. The Balaban J connectivity index is 0.000000187. The first-order valence-electron chi connectivity index (χ1n) is 24.0. The predicted octanol–water partition coefficient (Wildman–Crippen LogP) is 10.2. The summed E-state index contributed by atoms with van der Waals surface area (Å²) in [6.45, 7) is 23.1. The Morgan fingerprint density at radius 1 is 0.698 bits per heavy atom. The molecule has 2 aromatic carbocycles. The SMILES string of the molecule is C1COCCN1.CCCCCc1cc2c(c(O)c1C(=O)N1CCOCC1)[C@@H]1C=C(C)CC[C@H]1C(C)(C)O2.CCCCCc1cc2c(c(O)c1C(=O)O)[C@@H]1C=C(C)CC[C@H]1C(C)(C)O2. The van der Waals surface area contributed by atoms with Crippen LogP contribution in [0, 0.1) is 11.8 Å². The lowest BCUT2D eigenvalue weighted by atomic mass is 9.67. The van der Waals surface area contributed by atoms with Crippen molar-refractivity contribution in [3.8, 4) is 23.0 Å². The first-order chi connectivity index (χ1) is 30.1. The third-order valence-corrected chi connectivity index (χ3v) is 14.1. The standard InChI is InChI=1S/C26H37NO4.C22H30O4.C4H9NO/c1-5-6-7-8-18-16-21-23(19-15-17(2)9-10-20(19)26(3,4)31-21)24(28)22(18)25(29)27-11-13-30-14-12-27;1-5-6-7-8-14-12-17-19(20(23)18(14)21(24)25)15-11-13(2)9-10-16(15)22(3,4)26-17;1-3-6-4-2-5-1/h15-16,19-20,28H,5-14H2,1-4H3;11-12,15-16,23H,5-10H2,1-4H3,(H,24,25);5H,1-4H2/t19-,20-;15-,16-;/m11./s1. The van der Waals surface area contributed by atoms with Gasteiger partial charge in [0.25, 0.3) is 5.91 Å². The number of carboxylic acids is 1. The van der Waals surface area contributed by atoms with Gasteiger partial charge in [0, 0.05) is 61.0 Å². The van der Waals surface area contributed by atoms with Crippen molar-refractivity contribution in [3.05, 3.63) is 68.8 Å². The van der Waals surface area contributed by atoms with Gasteiger partial charge in [0.2, 0.25) is 0 Å². The van der Waals surface area contributed by atoms with E-state index >= 15 is 0 Å². The molecule has 0 aromatic heterocycles. The largest absolute Gasteiger partial charge is 0.507 e. The Morgan fingerprint density at radius 2 is 1.14 bits per heavy atom. The molecular formula is C52H76N2O9. The maximum Gasteiger partial charge on any atom is 0.339 e. The highest BCUT2D eigenvalue weighted by molar-refractivity contribution is 5.99. The number of rotatable bonds is 10. The number of carboxylic acid groups (broad SMARTS) is 1. The Labute approximate surface area is 376 Å². The molecule has 4 heterocycles. The van der Waals surface area contributed by atoms with Crippen molar-refractivity contribution in [2.24, 2.45) is 11.8 Å². The van der Waals surface area contributed by atoms with Gasteiger partial charge in [0.1, 0.15) is 39.8 Å². The number of aromatic carboxylic acids is 1. The second kappa shape index (κ2) is 21.3. The van der Waals surface area contributed by atoms with Crippen LogP contribution < -0.4 is 14.8 Å². The molecule has 2 fully saturated rings. The molecule has 0 bridgehead atoms. The van der Waals surface area contributed by atoms with Crippen molar-refractivity contribution >= 4 is 11.9 Å². The number of hydrogen-bond donors (Lipinski definition) is 4. The summed E-state index contributed by atoms with van der Waals surface area (Å²) in [6.07, 6.45) is 16.2. The fraction of sp³-hybridized carbons (Fsp3) is 0.654. The number of aryl methyl sites for hydroxylation is 2. The van der Waals surface area contributed by atoms with Crippen LogP contribution in [0.15, 0.2) is 35.4 Å². The fourth-order valence-corrected chi connectivity index (χ4v) is 10.7. The summed E-state index contributed by atoms with van der Waals surface area (Å²) in [7, 11) is 0. The van der Waals surface area contributed by atoms with Gasteiger partial charge in [-0.2, -0.15) is 0 Å². The molecule has 348 valence electrons. The lowest BCUT2D eigenvalue weighted by molar-refractivity contribution is 0.0101. The zero-order chi connectivity index (χ0) is 45.5. The molecular weight excluding hydrogens is 797 g/mol. The van der Waals surface area contributed by atoms with Crippen molar-refractivity contribution < 1.29 is 43.9 Å². The van der Waals surface area contributed by atoms with Gasteiger partial charge in [-0.05, 0) is 116 Å². The minimum Gasteiger partial charge on any atom is -0.507 e. The van der Waals surface area contributed by atoms with Crippen LogP contribution in [0.1, 0.15) is 174 Å². The molecule has 2 saturated heterocycles. The van der Waals surface area contributed by atoms with E-state index in [1.54, 1.807) is 0 Å². The summed E-state index contributed by atoms with van der Waals surface area (Å²) < 4.78 is 23.2. The number of nitrogens with one attached hydrogen (secondary N) is 1. The third-order valence-electron chi connectivity index (χ3n) is 14.1. The fourth-order valence-electron chi connectivity index (χ4n) is 10.7. The summed E-state index contributed by atoms with van der Waals surface area (Å²) in [4.78, 5) is 27.3. The number of morpholine rings is 2. The van der Waals surface area contributed by atoms with Crippen molar-refractivity contribution in [3.63, 3.8) is 0 Å². The van der Waals surface area contributed by atoms with Crippen molar-refractivity contribution in [2.75, 3.05) is 52.6 Å². The van der Waals surface area contributed by atoms with Crippen LogP contribution in [0.3, 0.4) is 0 Å². The molecule has 0 unspecified atom stereocenters. The van der Waals surface area contributed by atoms with E-state index in [0.717, 1.165) is 114 Å².